The van der Waals surface area contributed by atoms with Crippen LogP contribution < -0.4 is 19.5 Å². The summed E-state index contributed by atoms with van der Waals surface area (Å²) in [4.78, 5) is 12.4. The maximum atomic E-state index is 12.4. The van der Waals surface area contributed by atoms with Gasteiger partial charge in [0.2, 0.25) is 0 Å². The smallest absolute Gasteiger partial charge is 0.258 e. The van der Waals surface area contributed by atoms with Gasteiger partial charge in [0.05, 0.1) is 18.2 Å². The molecule has 0 aromatic heterocycles. The molecule has 1 aliphatic heterocycles. The number of ether oxygens (including phenoxy) is 3. The maximum Gasteiger partial charge on any atom is 0.258 e. The van der Waals surface area contributed by atoms with Gasteiger partial charge in [-0.2, -0.15) is 0 Å². The number of benzene rings is 2. The Kier molecular flexibility index (Phi) is 5.72. The summed E-state index contributed by atoms with van der Waals surface area (Å²) in [7, 11) is 1.61. The van der Waals surface area contributed by atoms with Gasteiger partial charge in [-0.25, -0.2) is 0 Å². The fourth-order valence-electron chi connectivity index (χ4n) is 3.06. The predicted octanol–water partition coefficient (Wildman–Crippen LogP) is 4.80. The van der Waals surface area contributed by atoms with Crippen LogP contribution in [0.15, 0.2) is 36.4 Å². The summed E-state index contributed by atoms with van der Waals surface area (Å²) in [5.74, 6) is 1.58. The minimum absolute atomic E-state index is 0.148. The van der Waals surface area contributed by atoms with Crippen LogP contribution in [0.4, 0.5) is 0 Å². The first-order chi connectivity index (χ1) is 12.8. The van der Waals surface area contributed by atoms with E-state index in [1.54, 1.807) is 25.3 Å². The van der Waals surface area contributed by atoms with E-state index in [1.807, 2.05) is 32.0 Å². The molecule has 3 rings (SSSR count). The average Bonchev–Trinajstić information content (AvgIpc) is 2.59. The molecule has 1 unspecified atom stereocenters. The van der Waals surface area contributed by atoms with Crippen LogP contribution in [-0.2, 0) is 4.79 Å². The van der Waals surface area contributed by atoms with E-state index in [4.69, 9.17) is 37.4 Å². The number of methoxy groups -OCH3 is 1. The lowest BCUT2D eigenvalue weighted by Crippen LogP contribution is -2.42. The van der Waals surface area contributed by atoms with Crippen LogP contribution in [0, 0.1) is 0 Å². The molecule has 1 amide bonds. The van der Waals surface area contributed by atoms with Gasteiger partial charge in [-0.1, -0.05) is 23.2 Å². The van der Waals surface area contributed by atoms with Crippen molar-refractivity contribution in [2.75, 3.05) is 13.7 Å². The first-order valence-electron chi connectivity index (χ1n) is 8.51. The quantitative estimate of drug-likeness (QED) is 0.770. The molecule has 0 saturated carbocycles. The molecule has 5 nitrogen and oxygen atoms in total. The third-order valence-corrected chi connectivity index (χ3v) is 4.80. The molecule has 0 bridgehead atoms. The summed E-state index contributed by atoms with van der Waals surface area (Å²) < 4.78 is 16.8. The van der Waals surface area contributed by atoms with Gasteiger partial charge in [0.25, 0.3) is 5.91 Å². The molecule has 7 heteroatoms. The molecule has 0 saturated heterocycles. The molecule has 144 valence electrons. The molecule has 1 aliphatic rings. The molecule has 1 atom stereocenters. The van der Waals surface area contributed by atoms with Crippen molar-refractivity contribution >= 4 is 29.1 Å². The van der Waals surface area contributed by atoms with Crippen molar-refractivity contribution in [3.63, 3.8) is 0 Å². The largest absolute Gasteiger partial charge is 0.497 e. The second kappa shape index (κ2) is 7.87. The molecule has 0 radical (unpaired) electrons. The number of carbonyl (C=O) groups is 1. The standard InChI is InChI=1S/C20H21Cl2NO4/c1-20(2)10-16(14-6-5-13(25-3)9-18(14)27-20)23-19(24)11-26-17-7-4-12(21)8-15(17)22/h4-9,16H,10-11H2,1-3H3,(H,23,24). The van der Waals surface area contributed by atoms with Gasteiger partial charge in [-0.05, 0) is 44.2 Å². The van der Waals surface area contributed by atoms with Gasteiger partial charge in [-0.15, -0.1) is 0 Å². The molecule has 0 fully saturated rings. The number of hydrogen-bond donors (Lipinski definition) is 1. The van der Waals surface area contributed by atoms with E-state index >= 15 is 0 Å². The summed E-state index contributed by atoms with van der Waals surface area (Å²) in [5, 5.41) is 3.88. The minimum Gasteiger partial charge on any atom is -0.497 e. The lowest BCUT2D eigenvalue weighted by Gasteiger charge is -2.38. The minimum atomic E-state index is -0.419. The molecular formula is C20H21Cl2NO4. The number of carbonyl (C=O) groups excluding carboxylic acids is 1. The summed E-state index contributed by atoms with van der Waals surface area (Å²) in [6, 6.07) is 10.3. The molecule has 1 heterocycles. The Morgan fingerprint density at radius 1 is 1.26 bits per heavy atom. The van der Waals surface area contributed by atoms with Gasteiger partial charge in [0.1, 0.15) is 22.8 Å². The summed E-state index contributed by atoms with van der Waals surface area (Å²) >= 11 is 11.9. The van der Waals surface area contributed by atoms with Crippen LogP contribution in [0.2, 0.25) is 10.0 Å². The van der Waals surface area contributed by atoms with Gasteiger partial charge in [-0.3, -0.25) is 4.79 Å². The molecule has 1 N–H and O–H groups in total. The van der Waals surface area contributed by atoms with E-state index < -0.39 is 5.60 Å². The van der Waals surface area contributed by atoms with Crippen molar-refractivity contribution in [3.05, 3.63) is 52.0 Å². The summed E-state index contributed by atoms with van der Waals surface area (Å²) in [6.07, 6.45) is 0.639. The van der Waals surface area contributed by atoms with Crippen LogP contribution in [0.3, 0.4) is 0 Å². The molecule has 0 spiro atoms. The molecular weight excluding hydrogens is 389 g/mol. The third-order valence-electron chi connectivity index (χ3n) is 4.27. The van der Waals surface area contributed by atoms with Crippen LogP contribution in [-0.4, -0.2) is 25.2 Å². The Bertz CT molecular complexity index is 854. The highest BCUT2D eigenvalue weighted by molar-refractivity contribution is 6.35. The number of amides is 1. The van der Waals surface area contributed by atoms with Crippen molar-refractivity contribution in [1.29, 1.82) is 0 Å². The number of rotatable bonds is 5. The normalized spacial score (nSPS) is 17.4. The van der Waals surface area contributed by atoms with E-state index in [-0.39, 0.29) is 18.6 Å². The third kappa shape index (κ3) is 4.79. The molecule has 2 aromatic rings. The first kappa shape index (κ1) is 19.6. The Labute approximate surface area is 168 Å². The fraction of sp³-hybridized carbons (Fsp3) is 0.350. The number of hydrogen-bond acceptors (Lipinski definition) is 4. The Morgan fingerprint density at radius 2 is 2.04 bits per heavy atom. The van der Waals surface area contributed by atoms with Crippen LogP contribution in [0.1, 0.15) is 31.9 Å². The van der Waals surface area contributed by atoms with E-state index in [0.717, 1.165) is 5.56 Å². The molecule has 2 aromatic carbocycles. The lowest BCUT2D eigenvalue weighted by atomic mass is 9.89. The summed E-state index contributed by atoms with van der Waals surface area (Å²) in [5.41, 5.74) is 0.491. The van der Waals surface area contributed by atoms with Gasteiger partial charge in [0, 0.05) is 23.1 Å². The van der Waals surface area contributed by atoms with Gasteiger partial charge in [0.15, 0.2) is 6.61 Å². The molecule has 0 aliphatic carbocycles. The second-order valence-electron chi connectivity index (χ2n) is 6.95. The zero-order chi connectivity index (χ0) is 19.6. The average molecular weight is 410 g/mol. The van der Waals surface area contributed by atoms with Gasteiger partial charge >= 0.3 is 0 Å². The maximum absolute atomic E-state index is 12.4. The highest BCUT2D eigenvalue weighted by Gasteiger charge is 2.34. The van der Waals surface area contributed by atoms with Crippen molar-refractivity contribution in [2.45, 2.75) is 31.9 Å². The van der Waals surface area contributed by atoms with Crippen LogP contribution in [0.5, 0.6) is 17.2 Å². The van der Waals surface area contributed by atoms with Gasteiger partial charge < -0.3 is 19.5 Å². The summed E-state index contributed by atoms with van der Waals surface area (Å²) in [6.45, 7) is 3.82. The highest BCUT2D eigenvalue weighted by atomic mass is 35.5. The van der Waals surface area contributed by atoms with E-state index in [9.17, 15) is 4.79 Å². The number of nitrogens with one attached hydrogen (secondary N) is 1. The SMILES string of the molecule is COc1ccc2c(c1)OC(C)(C)CC2NC(=O)COc1ccc(Cl)cc1Cl. The Balaban J connectivity index is 1.70. The van der Waals surface area contributed by atoms with Crippen molar-refractivity contribution < 1.29 is 19.0 Å². The number of halogens is 2. The van der Waals surface area contributed by atoms with Crippen LogP contribution in [0.25, 0.3) is 0 Å². The van der Waals surface area contributed by atoms with Crippen molar-refractivity contribution in [1.82, 2.24) is 5.32 Å². The van der Waals surface area contributed by atoms with Crippen LogP contribution >= 0.6 is 23.2 Å². The fourth-order valence-corrected chi connectivity index (χ4v) is 3.52. The lowest BCUT2D eigenvalue weighted by molar-refractivity contribution is -0.124. The van der Waals surface area contributed by atoms with Crippen molar-refractivity contribution in [3.8, 4) is 17.2 Å². The van der Waals surface area contributed by atoms with E-state index in [0.29, 0.717) is 33.7 Å². The zero-order valence-electron chi connectivity index (χ0n) is 15.3. The van der Waals surface area contributed by atoms with E-state index in [1.165, 1.54) is 0 Å². The van der Waals surface area contributed by atoms with Crippen molar-refractivity contribution in [2.24, 2.45) is 0 Å². The highest BCUT2D eigenvalue weighted by Crippen LogP contribution is 2.41. The topological polar surface area (TPSA) is 56.8 Å². The second-order valence-corrected chi connectivity index (χ2v) is 7.80. The predicted molar refractivity (Wildman–Crippen MR) is 105 cm³/mol. The zero-order valence-corrected chi connectivity index (χ0v) is 16.9. The Hall–Kier alpha value is -2.11. The van der Waals surface area contributed by atoms with E-state index in [2.05, 4.69) is 5.32 Å². The Morgan fingerprint density at radius 3 is 2.74 bits per heavy atom. The first-order valence-corrected chi connectivity index (χ1v) is 9.27. The monoisotopic (exact) mass is 409 g/mol. The molecule has 27 heavy (non-hydrogen) atoms. The number of fused-ring (bicyclic) bond motifs is 1.